The van der Waals surface area contributed by atoms with Crippen LogP contribution in [0.5, 0.6) is 11.5 Å². The maximum Gasteiger partial charge on any atom is 0.296 e. The molecular formula is C24H25N3O5S. The largest absolute Gasteiger partial charge is 0.490 e. The molecule has 2 aliphatic heterocycles. The van der Waals surface area contributed by atoms with Crippen LogP contribution in [0.4, 0.5) is 5.13 Å². The summed E-state index contributed by atoms with van der Waals surface area (Å²) in [7, 11) is 0. The molecule has 1 aromatic carbocycles. The summed E-state index contributed by atoms with van der Waals surface area (Å²) < 4.78 is 17.7. The third kappa shape index (κ3) is 3.70. The van der Waals surface area contributed by atoms with E-state index < -0.39 is 6.04 Å². The molecule has 0 bridgehead atoms. The number of ether oxygens (including phenoxy) is 3. The summed E-state index contributed by atoms with van der Waals surface area (Å²) in [6.45, 7) is 6.35. The molecule has 1 aliphatic carbocycles. The zero-order valence-corrected chi connectivity index (χ0v) is 19.2. The average molecular weight is 468 g/mol. The van der Waals surface area contributed by atoms with Crippen LogP contribution >= 0.6 is 11.3 Å². The van der Waals surface area contributed by atoms with Crippen LogP contribution in [0.3, 0.4) is 0 Å². The first-order valence-corrected chi connectivity index (χ1v) is 12.1. The second kappa shape index (κ2) is 8.97. The number of hydrogen-bond donors (Lipinski definition) is 0. The predicted octanol–water partition coefficient (Wildman–Crippen LogP) is 4.00. The van der Waals surface area contributed by atoms with Crippen molar-refractivity contribution < 1.29 is 23.8 Å². The highest BCUT2D eigenvalue weighted by Crippen LogP contribution is 2.49. The fraction of sp³-hybridized carbons (Fsp3) is 0.417. The van der Waals surface area contributed by atoms with Gasteiger partial charge in [-0.05, 0) is 43.9 Å². The molecule has 33 heavy (non-hydrogen) atoms. The number of nitrogens with zero attached hydrogens (tertiary/aromatic N) is 3. The number of ketones is 1. The molecule has 3 aliphatic rings. The van der Waals surface area contributed by atoms with Crippen LogP contribution in [0.1, 0.15) is 44.2 Å². The summed E-state index contributed by atoms with van der Waals surface area (Å²) in [5, 5.41) is 8.46. The maximum atomic E-state index is 13.7. The second-order valence-electron chi connectivity index (χ2n) is 8.19. The van der Waals surface area contributed by atoms with Crippen molar-refractivity contribution in [3.05, 3.63) is 53.3 Å². The molecule has 2 aromatic rings. The number of aromatic nitrogens is 2. The number of carbonyl (C=O) groups is 2. The zero-order valence-electron chi connectivity index (χ0n) is 18.4. The number of rotatable bonds is 7. The number of benzene rings is 1. The van der Waals surface area contributed by atoms with E-state index in [1.54, 1.807) is 17.7 Å². The first-order valence-electron chi connectivity index (χ1n) is 11.2. The third-order valence-electron chi connectivity index (χ3n) is 6.26. The molecule has 1 aromatic heterocycles. The van der Waals surface area contributed by atoms with E-state index >= 15 is 0 Å². The van der Waals surface area contributed by atoms with Crippen LogP contribution in [0, 0.1) is 5.92 Å². The van der Waals surface area contributed by atoms with Gasteiger partial charge in [0.1, 0.15) is 18.2 Å². The summed E-state index contributed by atoms with van der Waals surface area (Å²) in [4.78, 5) is 28.7. The summed E-state index contributed by atoms with van der Waals surface area (Å²) in [5.74, 6) is 0.678. The van der Waals surface area contributed by atoms with Crippen molar-refractivity contribution in [2.45, 2.75) is 44.8 Å². The molecule has 5 rings (SSSR count). The molecule has 0 spiro atoms. The van der Waals surface area contributed by atoms with Gasteiger partial charge in [0.15, 0.2) is 23.0 Å². The Morgan fingerprint density at radius 3 is 2.85 bits per heavy atom. The van der Waals surface area contributed by atoms with Crippen molar-refractivity contribution in [3.8, 4) is 11.5 Å². The molecule has 9 heteroatoms. The van der Waals surface area contributed by atoms with Crippen LogP contribution in [0.15, 0.2) is 47.7 Å². The molecule has 1 amide bonds. The SMILES string of the molecule is C=CCOc1ccc(C2C3=C(OC4CCCCC4C3=O)C(=O)N2c2nncs2)cc1OCC. The summed E-state index contributed by atoms with van der Waals surface area (Å²) in [6, 6.07) is 4.80. The van der Waals surface area contributed by atoms with Crippen LogP contribution in [-0.4, -0.2) is 41.2 Å². The lowest BCUT2D eigenvalue weighted by atomic mass is 9.77. The van der Waals surface area contributed by atoms with Crippen molar-refractivity contribution in [2.75, 3.05) is 18.1 Å². The topological polar surface area (TPSA) is 90.9 Å². The Balaban J connectivity index is 1.62. The van der Waals surface area contributed by atoms with Crippen molar-refractivity contribution >= 4 is 28.2 Å². The van der Waals surface area contributed by atoms with Crippen LogP contribution in [-0.2, 0) is 14.3 Å². The number of Topliss-reactive ketones (excluding diaryl/α,β-unsaturated/α-hetero) is 1. The lowest BCUT2D eigenvalue weighted by Crippen LogP contribution is -2.39. The lowest BCUT2D eigenvalue weighted by Gasteiger charge is -2.35. The Labute approximate surface area is 195 Å². The van der Waals surface area contributed by atoms with E-state index in [0.29, 0.717) is 35.4 Å². The highest BCUT2D eigenvalue weighted by atomic mass is 32.1. The predicted molar refractivity (Wildman–Crippen MR) is 122 cm³/mol. The van der Waals surface area contributed by atoms with Gasteiger partial charge in [-0.2, -0.15) is 0 Å². The van der Waals surface area contributed by atoms with Crippen LogP contribution in [0.2, 0.25) is 0 Å². The van der Waals surface area contributed by atoms with Gasteiger partial charge >= 0.3 is 0 Å². The Bertz CT molecular complexity index is 1110. The molecule has 1 fully saturated rings. The molecule has 3 unspecified atom stereocenters. The van der Waals surface area contributed by atoms with E-state index in [0.717, 1.165) is 31.2 Å². The van der Waals surface area contributed by atoms with E-state index in [4.69, 9.17) is 14.2 Å². The summed E-state index contributed by atoms with van der Waals surface area (Å²) in [5.41, 5.74) is 2.70. The molecule has 172 valence electrons. The van der Waals surface area contributed by atoms with Gasteiger partial charge in [0.05, 0.1) is 24.1 Å². The monoisotopic (exact) mass is 467 g/mol. The molecule has 0 radical (unpaired) electrons. The molecule has 0 saturated heterocycles. The Morgan fingerprint density at radius 1 is 1.24 bits per heavy atom. The Hall–Kier alpha value is -3.20. The molecule has 8 nitrogen and oxygen atoms in total. The van der Waals surface area contributed by atoms with E-state index in [9.17, 15) is 9.59 Å². The molecule has 3 heterocycles. The van der Waals surface area contributed by atoms with E-state index in [-0.39, 0.29) is 29.5 Å². The zero-order chi connectivity index (χ0) is 22.9. The lowest BCUT2D eigenvalue weighted by molar-refractivity contribution is -0.131. The number of carbonyl (C=O) groups excluding carboxylic acids is 2. The molecular weight excluding hydrogens is 442 g/mol. The summed E-state index contributed by atoms with van der Waals surface area (Å²) >= 11 is 1.25. The van der Waals surface area contributed by atoms with Crippen molar-refractivity contribution in [1.82, 2.24) is 10.2 Å². The quantitative estimate of drug-likeness (QED) is 0.569. The normalized spacial score (nSPS) is 24.3. The third-order valence-corrected chi connectivity index (χ3v) is 6.95. The van der Waals surface area contributed by atoms with Gasteiger partial charge in [-0.15, -0.1) is 10.2 Å². The number of anilines is 1. The first kappa shape index (κ1) is 21.6. The van der Waals surface area contributed by atoms with Crippen molar-refractivity contribution in [2.24, 2.45) is 5.92 Å². The minimum atomic E-state index is -0.663. The second-order valence-corrected chi connectivity index (χ2v) is 9.00. The highest BCUT2D eigenvalue weighted by molar-refractivity contribution is 7.13. The van der Waals surface area contributed by atoms with Gasteiger partial charge in [0.25, 0.3) is 5.91 Å². The van der Waals surface area contributed by atoms with Gasteiger partial charge < -0.3 is 14.2 Å². The van der Waals surface area contributed by atoms with Crippen molar-refractivity contribution in [3.63, 3.8) is 0 Å². The summed E-state index contributed by atoms with van der Waals surface area (Å²) in [6.07, 6.45) is 4.97. The molecule has 0 N–H and O–H groups in total. The smallest absolute Gasteiger partial charge is 0.296 e. The van der Waals surface area contributed by atoms with E-state index in [2.05, 4.69) is 16.8 Å². The van der Waals surface area contributed by atoms with E-state index in [1.807, 2.05) is 19.1 Å². The minimum absolute atomic E-state index is 0.00346. The number of fused-ring (bicyclic) bond motifs is 1. The van der Waals surface area contributed by atoms with Gasteiger partial charge in [-0.3, -0.25) is 14.5 Å². The fourth-order valence-corrected chi connectivity index (χ4v) is 5.45. The van der Waals surface area contributed by atoms with Gasteiger partial charge in [0.2, 0.25) is 5.13 Å². The fourth-order valence-electron chi connectivity index (χ4n) is 4.86. The molecule has 3 atom stereocenters. The van der Waals surface area contributed by atoms with E-state index in [1.165, 1.54) is 16.2 Å². The Kier molecular flexibility index (Phi) is 5.88. The van der Waals surface area contributed by atoms with Crippen LogP contribution in [0.25, 0.3) is 0 Å². The van der Waals surface area contributed by atoms with Gasteiger partial charge in [-0.1, -0.05) is 36.5 Å². The van der Waals surface area contributed by atoms with Crippen LogP contribution < -0.4 is 14.4 Å². The molecule has 1 saturated carbocycles. The highest BCUT2D eigenvalue weighted by Gasteiger charge is 2.53. The minimum Gasteiger partial charge on any atom is -0.490 e. The van der Waals surface area contributed by atoms with Gasteiger partial charge in [-0.25, -0.2) is 0 Å². The maximum absolute atomic E-state index is 13.7. The van der Waals surface area contributed by atoms with Gasteiger partial charge in [0, 0.05) is 0 Å². The van der Waals surface area contributed by atoms with Crippen molar-refractivity contribution in [1.29, 1.82) is 0 Å². The average Bonchev–Trinajstić information content (AvgIpc) is 3.45. The number of amides is 1. The number of hydrogen-bond acceptors (Lipinski definition) is 8. The first-order chi connectivity index (χ1) is 16.1. The standard InChI is InChI=1S/C24H25N3O5S/c1-3-11-31-17-10-9-14(12-18(17)30-4-2)20-19-21(28)15-7-5-6-8-16(15)32-22(19)23(29)27(20)24-26-25-13-33-24/h3,9-10,12-13,15-16,20H,1,4-8,11H2,2H3. The Morgan fingerprint density at radius 2 is 2.09 bits per heavy atom.